The first-order valence-electron chi connectivity index (χ1n) is 7.28. The minimum atomic E-state index is 0.00442. The second kappa shape index (κ2) is 6.35. The molecule has 1 saturated heterocycles. The standard InChI is InChI=1S/C15H26N4/c1-4-19-9-5-6-14(19)11-18(3)13-7-8-15(12(2)16)17-10-13/h7-8,10,12,14H,4-6,9,11,16H2,1-3H3/t12-,14?/m1/s1. The maximum atomic E-state index is 5.83. The maximum Gasteiger partial charge on any atom is 0.0569 e. The van der Waals surface area contributed by atoms with Gasteiger partial charge in [-0.2, -0.15) is 0 Å². The second-order valence-corrected chi connectivity index (χ2v) is 5.54. The topological polar surface area (TPSA) is 45.4 Å². The maximum absolute atomic E-state index is 5.83. The van der Waals surface area contributed by atoms with Crippen molar-refractivity contribution >= 4 is 5.69 Å². The van der Waals surface area contributed by atoms with Crippen LogP contribution in [0.4, 0.5) is 5.69 Å². The van der Waals surface area contributed by atoms with Crippen LogP contribution in [0.15, 0.2) is 18.3 Å². The van der Waals surface area contributed by atoms with Crippen LogP contribution < -0.4 is 10.6 Å². The Morgan fingerprint density at radius 3 is 2.89 bits per heavy atom. The molecular formula is C15H26N4. The number of pyridine rings is 1. The Bertz CT molecular complexity index is 388. The highest BCUT2D eigenvalue weighted by atomic mass is 15.2. The van der Waals surface area contributed by atoms with Crippen LogP contribution >= 0.6 is 0 Å². The summed E-state index contributed by atoms with van der Waals surface area (Å²) in [4.78, 5) is 9.30. The van der Waals surface area contributed by atoms with Gasteiger partial charge in [0.25, 0.3) is 0 Å². The summed E-state index contributed by atoms with van der Waals surface area (Å²) < 4.78 is 0. The van der Waals surface area contributed by atoms with Crippen molar-refractivity contribution in [2.75, 3.05) is 31.6 Å². The molecule has 2 heterocycles. The second-order valence-electron chi connectivity index (χ2n) is 5.54. The lowest BCUT2D eigenvalue weighted by Crippen LogP contribution is -2.38. The van der Waals surface area contributed by atoms with Gasteiger partial charge in [0.15, 0.2) is 0 Å². The number of aromatic nitrogens is 1. The normalized spacial score (nSPS) is 21.6. The number of anilines is 1. The molecule has 2 N–H and O–H groups in total. The van der Waals surface area contributed by atoms with Gasteiger partial charge in [-0.15, -0.1) is 0 Å². The molecule has 1 fully saturated rings. The molecule has 2 atom stereocenters. The minimum absolute atomic E-state index is 0.00442. The van der Waals surface area contributed by atoms with Crippen LogP contribution in [0.3, 0.4) is 0 Å². The molecule has 0 radical (unpaired) electrons. The first-order chi connectivity index (χ1) is 9.11. The van der Waals surface area contributed by atoms with Gasteiger partial charge in [0, 0.05) is 25.7 Å². The zero-order chi connectivity index (χ0) is 13.8. The molecule has 1 unspecified atom stereocenters. The summed E-state index contributed by atoms with van der Waals surface area (Å²) in [7, 11) is 2.15. The van der Waals surface area contributed by atoms with Crippen molar-refractivity contribution in [2.45, 2.75) is 38.8 Å². The summed E-state index contributed by atoms with van der Waals surface area (Å²) in [5.74, 6) is 0. The molecule has 0 aliphatic carbocycles. The van der Waals surface area contributed by atoms with Crippen molar-refractivity contribution in [2.24, 2.45) is 5.73 Å². The molecule has 0 bridgehead atoms. The Kier molecular flexibility index (Phi) is 4.77. The van der Waals surface area contributed by atoms with Crippen LogP contribution in [0.2, 0.25) is 0 Å². The van der Waals surface area contributed by atoms with Crippen molar-refractivity contribution in [3.05, 3.63) is 24.0 Å². The molecule has 2 rings (SSSR count). The van der Waals surface area contributed by atoms with E-state index in [1.807, 2.05) is 19.2 Å². The number of hydrogen-bond donors (Lipinski definition) is 1. The predicted molar refractivity (Wildman–Crippen MR) is 80.4 cm³/mol. The van der Waals surface area contributed by atoms with Gasteiger partial charge >= 0.3 is 0 Å². The van der Waals surface area contributed by atoms with E-state index in [-0.39, 0.29) is 6.04 Å². The van der Waals surface area contributed by atoms with Crippen molar-refractivity contribution in [1.82, 2.24) is 9.88 Å². The van der Waals surface area contributed by atoms with Crippen LogP contribution in [0, 0.1) is 0 Å². The third-order valence-corrected chi connectivity index (χ3v) is 4.07. The van der Waals surface area contributed by atoms with Crippen molar-refractivity contribution < 1.29 is 0 Å². The zero-order valence-electron chi connectivity index (χ0n) is 12.3. The van der Waals surface area contributed by atoms with Crippen LogP contribution in [-0.2, 0) is 0 Å². The first-order valence-corrected chi connectivity index (χ1v) is 7.28. The van der Waals surface area contributed by atoms with E-state index in [2.05, 4.69) is 34.8 Å². The smallest absolute Gasteiger partial charge is 0.0569 e. The number of likely N-dealkylation sites (tertiary alicyclic amines) is 1. The highest BCUT2D eigenvalue weighted by Gasteiger charge is 2.24. The fourth-order valence-corrected chi connectivity index (χ4v) is 2.83. The van der Waals surface area contributed by atoms with Gasteiger partial charge in [0.2, 0.25) is 0 Å². The fourth-order valence-electron chi connectivity index (χ4n) is 2.83. The van der Waals surface area contributed by atoms with Gasteiger partial charge in [-0.1, -0.05) is 6.92 Å². The molecule has 1 aromatic heterocycles. The molecular weight excluding hydrogens is 236 g/mol. The van der Waals surface area contributed by atoms with Gasteiger partial charge in [-0.05, 0) is 45.0 Å². The largest absolute Gasteiger partial charge is 0.372 e. The van der Waals surface area contributed by atoms with Gasteiger partial charge in [0.05, 0.1) is 17.6 Å². The van der Waals surface area contributed by atoms with E-state index in [4.69, 9.17) is 5.73 Å². The van der Waals surface area contributed by atoms with E-state index < -0.39 is 0 Å². The highest BCUT2D eigenvalue weighted by molar-refractivity contribution is 5.44. The Hall–Kier alpha value is -1.13. The molecule has 19 heavy (non-hydrogen) atoms. The summed E-state index contributed by atoms with van der Waals surface area (Å²) in [5.41, 5.74) is 7.95. The summed E-state index contributed by atoms with van der Waals surface area (Å²) in [6.07, 6.45) is 4.57. The average Bonchev–Trinajstić information content (AvgIpc) is 2.86. The van der Waals surface area contributed by atoms with E-state index in [0.29, 0.717) is 6.04 Å². The Morgan fingerprint density at radius 2 is 2.32 bits per heavy atom. The number of nitrogens with two attached hydrogens (primary N) is 1. The minimum Gasteiger partial charge on any atom is -0.372 e. The molecule has 0 aromatic carbocycles. The highest BCUT2D eigenvalue weighted by Crippen LogP contribution is 2.20. The summed E-state index contributed by atoms with van der Waals surface area (Å²) in [5, 5.41) is 0. The lowest BCUT2D eigenvalue weighted by Gasteiger charge is -2.29. The lowest BCUT2D eigenvalue weighted by atomic mass is 10.2. The van der Waals surface area contributed by atoms with Gasteiger partial charge in [-0.25, -0.2) is 0 Å². The van der Waals surface area contributed by atoms with Gasteiger partial charge in [0.1, 0.15) is 0 Å². The number of nitrogens with zero attached hydrogens (tertiary/aromatic N) is 3. The van der Waals surface area contributed by atoms with E-state index in [0.717, 1.165) is 18.8 Å². The first kappa shape index (κ1) is 14.3. The van der Waals surface area contributed by atoms with Crippen molar-refractivity contribution in [3.8, 4) is 0 Å². The third-order valence-electron chi connectivity index (χ3n) is 4.07. The SMILES string of the molecule is CCN1CCCC1CN(C)c1ccc([C@@H](C)N)nc1. The van der Waals surface area contributed by atoms with Crippen molar-refractivity contribution in [3.63, 3.8) is 0 Å². The molecule has 0 spiro atoms. The Balaban J connectivity index is 1.97. The van der Waals surface area contributed by atoms with Crippen LogP contribution in [0.25, 0.3) is 0 Å². The van der Waals surface area contributed by atoms with E-state index >= 15 is 0 Å². The molecule has 1 aromatic rings. The summed E-state index contributed by atoms with van der Waals surface area (Å²) in [6.45, 7) is 7.69. The number of likely N-dealkylation sites (N-methyl/N-ethyl adjacent to an activating group) is 2. The molecule has 1 aliphatic heterocycles. The van der Waals surface area contributed by atoms with Crippen LogP contribution in [0.5, 0.6) is 0 Å². The summed E-state index contributed by atoms with van der Waals surface area (Å²) in [6, 6.07) is 4.84. The van der Waals surface area contributed by atoms with E-state index in [9.17, 15) is 0 Å². The fraction of sp³-hybridized carbons (Fsp3) is 0.667. The van der Waals surface area contributed by atoms with Gasteiger partial charge < -0.3 is 10.6 Å². The molecule has 0 amide bonds. The molecule has 4 heteroatoms. The molecule has 4 nitrogen and oxygen atoms in total. The molecule has 106 valence electrons. The lowest BCUT2D eigenvalue weighted by molar-refractivity contribution is 0.270. The average molecular weight is 262 g/mol. The molecule has 0 saturated carbocycles. The van der Waals surface area contributed by atoms with E-state index in [1.54, 1.807) is 0 Å². The quantitative estimate of drug-likeness (QED) is 0.882. The number of rotatable bonds is 5. The number of hydrogen-bond acceptors (Lipinski definition) is 4. The monoisotopic (exact) mass is 262 g/mol. The van der Waals surface area contributed by atoms with Crippen LogP contribution in [0.1, 0.15) is 38.4 Å². The van der Waals surface area contributed by atoms with Crippen LogP contribution in [-0.4, -0.2) is 42.6 Å². The Morgan fingerprint density at radius 1 is 1.53 bits per heavy atom. The zero-order valence-corrected chi connectivity index (χ0v) is 12.3. The Labute approximate surface area is 116 Å². The summed E-state index contributed by atoms with van der Waals surface area (Å²) >= 11 is 0. The van der Waals surface area contributed by atoms with Crippen molar-refractivity contribution in [1.29, 1.82) is 0 Å². The predicted octanol–water partition coefficient (Wildman–Crippen LogP) is 2.02. The third kappa shape index (κ3) is 3.45. The van der Waals surface area contributed by atoms with E-state index in [1.165, 1.54) is 25.1 Å². The van der Waals surface area contributed by atoms with Gasteiger partial charge in [-0.3, -0.25) is 9.88 Å². The molecule has 1 aliphatic rings.